The SMILES string of the molecule is O=S(=O)(Nc1ccc(Oc2cncc(Cl)c2)c(F)c1)c1ccc(Cl)cc1Cl. The molecule has 0 saturated carbocycles. The molecule has 0 aliphatic carbocycles. The summed E-state index contributed by atoms with van der Waals surface area (Å²) in [7, 11) is -4.03. The Hall–Kier alpha value is -2.06. The van der Waals surface area contributed by atoms with E-state index in [1.807, 2.05) is 0 Å². The van der Waals surface area contributed by atoms with Crippen LogP contribution in [-0.2, 0) is 10.0 Å². The summed E-state index contributed by atoms with van der Waals surface area (Å²) in [6, 6.07) is 9.01. The highest BCUT2D eigenvalue weighted by atomic mass is 35.5. The lowest BCUT2D eigenvalue weighted by Crippen LogP contribution is -2.13. The van der Waals surface area contributed by atoms with Crippen molar-refractivity contribution >= 4 is 50.5 Å². The number of rotatable bonds is 5. The Balaban J connectivity index is 1.83. The van der Waals surface area contributed by atoms with Crippen molar-refractivity contribution in [3.63, 3.8) is 0 Å². The topological polar surface area (TPSA) is 68.3 Å². The summed E-state index contributed by atoms with van der Waals surface area (Å²) < 4.78 is 46.8. The van der Waals surface area contributed by atoms with Gasteiger partial charge in [-0.05, 0) is 30.3 Å². The molecule has 0 atom stereocenters. The molecule has 1 heterocycles. The molecule has 27 heavy (non-hydrogen) atoms. The van der Waals surface area contributed by atoms with Crippen molar-refractivity contribution < 1.29 is 17.5 Å². The van der Waals surface area contributed by atoms with Gasteiger partial charge < -0.3 is 4.74 Å². The Morgan fingerprint density at radius 3 is 2.41 bits per heavy atom. The van der Waals surface area contributed by atoms with Crippen LogP contribution in [0.15, 0.2) is 59.8 Å². The molecule has 3 aromatic rings. The minimum absolute atomic E-state index is 0.00455. The zero-order valence-electron chi connectivity index (χ0n) is 13.3. The number of ether oxygens (including phenoxy) is 1. The summed E-state index contributed by atoms with van der Waals surface area (Å²) in [6.45, 7) is 0. The van der Waals surface area contributed by atoms with Crippen LogP contribution in [0.4, 0.5) is 10.1 Å². The predicted molar refractivity (Wildman–Crippen MR) is 103 cm³/mol. The first kappa shape index (κ1) is 19.7. The standard InChI is InChI=1S/C17H10Cl3FN2O3S/c18-10-1-4-17(14(20)6-10)27(24,25)23-12-2-3-16(15(21)7-12)26-13-5-11(19)8-22-9-13/h1-9,23H. The Kier molecular flexibility index (Phi) is 5.76. The lowest BCUT2D eigenvalue weighted by atomic mass is 10.3. The molecule has 0 fully saturated rings. The third-order valence-electron chi connectivity index (χ3n) is 3.28. The van der Waals surface area contributed by atoms with Crippen LogP contribution in [0.1, 0.15) is 0 Å². The van der Waals surface area contributed by atoms with E-state index in [0.29, 0.717) is 10.0 Å². The van der Waals surface area contributed by atoms with E-state index in [1.165, 1.54) is 48.8 Å². The van der Waals surface area contributed by atoms with Crippen molar-refractivity contribution in [2.45, 2.75) is 4.90 Å². The number of hydrogen-bond acceptors (Lipinski definition) is 4. The van der Waals surface area contributed by atoms with Crippen molar-refractivity contribution in [3.8, 4) is 11.5 Å². The Bertz CT molecular complexity index is 1110. The number of anilines is 1. The average molecular weight is 448 g/mol. The molecule has 0 amide bonds. The zero-order valence-corrected chi connectivity index (χ0v) is 16.4. The molecular weight excluding hydrogens is 438 g/mol. The normalized spacial score (nSPS) is 11.3. The first-order valence-electron chi connectivity index (χ1n) is 7.30. The molecule has 0 saturated heterocycles. The maximum atomic E-state index is 14.3. The molecule has 1 aromatic heterocycles. The van der Waals surface area contributed by atoms with Crippen LogP contribution < -0.4 is 9.46 Å². The largest absolute Gasteiger partial charge is 0.453 e. The van der Waals surface area contributed by atoms with E-state index in [9.17, 15) is 12.8 Å². The number of hydrogen-bond donors (Lipinski definition) is 1. The molecule has 0 spiro atoms. The summed E-state index contributed by atoms with van der Waals surface area (Å²) in [5, 5.41) is 0.572. The van der Waals surface area contributed by atoms with E-state index >= 15 is 0 Å². The van der Waals surface area contributed by atoms with Gasteiger partial charge in [0.1, 0.15) is 10.6 Å². The quantitative estimate of drug-likeness (QED) is 0.539. The molecule has 0 bridgehead atoms. The van der Waals surface area contributed by atoms with E-state index in [4.69, 9.17) is 39.5 Å². The van der Waals surface area contributed by atoms with Gasteiger partial charge >= 0.3 is 0 Å². The summed E-state index contributed by atoms with van der Waals surface area (Å²) in [6.07, 6.45) is 2.77. The van der Waals surface area contributed by atoms with Gasteiger partial charge in [-0.3, -0.25) is 9.71 Å². The molecule has 0 aliphatic heterocycles. The van der Waals surface area contributed by atoms with Crippen molar-refractivity contribution in [1.82, 2.24) is 4.98 Å². The highest BCUT2D eigenvalue weighted by Crippen LogP contribution is 2.30. The van der Waals surface area contributed by atoms with Gasteiger partial charge in [0.15, 0.2) is 11.6 Å². The van der Waals surface area contributed by atoms with Crippen molar-refractivity contribution in [1.29, 1.82) is 0 Å². The van der Waals surface area contributed by atoms with Gasteiger partial charge in [-0.25, -0.2) is 12.8 Å². The molecule has 3 rings (SSSR count). The fourth-order valence-electron chi connectivity index (χ4n) is 2.13. The Morgan fingerprint density at radius 1 is 0.963 bits per heavy atom. The summed E-state index contributed by atoms with van der Waals surface area (Å²) in [4.78, 5) is 3.65. The monoisotopic (exact) mass is 446 g/mol. The number of halogens is 4. The third kappa shape index (κ3) is 4.81. The van der Waals surface area contributed by atoms with Crippen LogP contribution in [0.5, 0.6) is 11.5 Å². The molecular formula is C17H10Cl3FN2O3S. The van der Waals surface area contributed by atoms with Gasteiger partial charge in [0.05, 0.1) is 21.9 Å². The van der Waals surface area contributed by atoms with Gasteiger partial charge in [0.25, 0.3) is 10.0 Å². The average Bonchev–Trinajstić information content (AvgIpc) is 2.56. The van der Waals surface area contributed by atoms with E-state index in [2.05, 4.69) is 9.71 Å². The van der Waals surface area contributed by atoms with Crippen LogP contribution >= 0.6 is 34.8 Å². The van der Waals surface area contributed by atoms with E-state index in [1.54, 1.807) is 0 Å². The Morgan fingerprint density at radius 2 is 1.74 bits per heavy atom. The van der Waals surface area contributed by atoms with Crippen molar-refractivity contribution in [2.24, 2.45) is 0 Å². The number of nitrogens with zero attached hydrogens (tertiary/aromatic N) is 1. The minimum Gasteiger partial charge on any atom is -0.453 e. The van der Waals surface area contributed by atoms with Crippen LogP contribution in [0.2, 0.25) is 15.1 Å². The van der Waals surface area contributed by atoms with Crippen molar-refractivity contribution in [3.05, 3.63) is 75.7 Å². The zero-order chi connectivity index (χ0) is 19.6. The van der Waals surface area contributed by atoms with Crippen LogP contribution in [0, 0.1) is 5.82 Å². The summed E-state index contributed by atoms with van der Waals surface area (Å²) in [5.74, 6) is -0.661. The molecule has 2 aromatic carbocycles. The van der Waals surface area contributed by atoms with Gasteiger partial charge in [-0.1, -0.05) is 34.8 Å². The highest BCUT2D eigenvalue weighted by molar-refractivity contribution is 7.92. The van der Waals surface area contributed by atoms with E-state index < -0.39 is 15.8 Å². The lowest BCUT2D eigenvalue weighted by molar-refractivity contribution is 0.441. The molecule has 0 unspecified atom stereocenters. The molecule has 0 radical (unpaired) electrons. The maximum absolute atomic E-state index is 14.3. The first-order chi connectivity index (χ1) is 12.7. The maximum Gasteiger partial charge on any atom is 0.263 e. The molecule has 0 aliphatic rings. The number of nitrogens with one attached hydrogen (secondary N) is 1. The summed E-state index contributed by atoms with van der Waals surface area (Å²) >= 11 is 17.5. The van der Waals surface area contributed by atoms with E-state index in [0.717, 1.165) is 6.07 Å². The highest BCUT2D eigenvalue weighted by Gasteiger charge is 2.19. The Labute approximate surface area is 169 Å². The van der Waals surface area contributed by atoms with Gasteiger partial charge in [0.2, 0.25) is 0 Å². The predicted octanol–water partition coefficient (Wildman–Crippen LogP) is 5.77. The summed E-state index contributed by atoms with van der Waals surface area (Å²) in [5.41, 5.74) is -0.00455. The van der Waals surface area contributed by atoms with Gasteiger partial charge in [-0.15, -0.1) is 0 Å². The first-order valence-corrected chi connectivity index (χ1v) is 9.92. The number of sulfonamides is 1. The number of pyridine rings is 1. The fourth-order valence-corrected chi connectivity index (χ4v) is 4.11. The van der Waals surface area contributed by atoms with E-state index in [-0.39, 0.29) is 27.1 Å². The second-order valence-electron chi connectivity index (χ2n) is 5.27. The minimum atomic E-state index is -4.03. The molecule has 1 N–H and O–H groups in total. The second-order valence-corrected chi connectivity index (χ2v) is 8.20. The lowest BCUT2D eigenvalue weighted by Gasteiger charge is -2.11. The fraction of sp³-hybridized carbons (Fsp3) is 0. The molecule has 5 nitrogen and oxygen atoms in total. The van der Waals surface area contributed by atoms with Crippen LogP contribution in [-0.4, -0.2) is 13.4 Å². The smallest absolute Gasteiger partial charge is 0.263 e. The second kappa shape index (κ2) is 7.90. The van der Waals surface area contributed by atoms with Gasteiger partial charge in [-0.2, -0.15) is 0 Å². The number of benzene rings is 2. The van der Waals surface area contributed by atoms with Gasteiger partial charge in [0, 0.05) is 23.4 Å². The third-order valence-corrected chi connectivity index (χ3v) is 5.58. The number of aromatic nitrogens is 1. The van der Waals surface area contributed by atoms with Crippen LogP contribution in [0.3, 0.4) is 0 Å². The van der Waals surface area contributed by atoms with Crippen LogP contribution in [0.25, 0.3) is 0 Å². The molecule has 10 heteroatoms. The van der Waals surface area contributed by atoms with Crippen molar-refractivity contribution in [2.75, 3.05) is 4.72 Å². The molecule has 140 valence electrons.